The van der Waals surface area contributed by atoms with E-state index in [-0.39, 0.29) is 55.4 Å². The van der Waals surface area contributed by atoms with Crippen molar-refractivity contribution in [2.45, 2.75) is 142 Å². The lowest BCUT2D eigenvalue weighted by Crippen LogP contribution is -2.57. The molecular formula is C35H57N5O7. The highest BCUT2D eigenvalue weighted by molar-refractivity contribution is 5.92. The lowest BCUT2D eigenvalue weighted by molar-refractivity contribution is -0.137. The number of aliphatic hydroxyl groups excluding tert-OH is 1. The second-order valence-electron chi connectivity index (χ2n) is 13.5. The first kappa shape index (κ1) is 39.6. The van der Waals surface area contributed by atoms with E-state index >= 15 is 0 Å². The van der Waals surface area contributed by atoms with Crippen LogP contribution in [-0.4, -0.2) is 69.0 Å². The third-order valence-electron chi connectivity index (χ3n) is 8.64. The van der Waals surface area contributed by atoms with Crippen molar-refractivity contribution >= 4 is 29.6 Å². The van der Waals surface area contributed by atoms with Crippen LogP contribution in [0.3, 0.4) is 0 Å². The third-order valence-corrected chi connectivity index (χ3v) is 8.64. The summed E-state index contributed by atoms with van der Waals surface area (Å²) >= 11 is 0. The third kappa shape index (κ3) is 15.3. The quantitative estimate of drug-likeness (QED) is 0.102. The molecule has 1 heterocycles. The van der Waals surface area contributed by atoms with Crippen LogP contribution in [0.25, 0.3) is 0 Å². The van der Waals surface area contributed by atoms with Gasteiger partial charge in [-0.2, -0.15) is 0 Å². The van der Waals surface area contributed by atoms with Gasteiger partial charge in [0.25, 0.3) is 0 Å². The SMILES string of the molecule is CCCC[C@@H](NC(=O)C[C@H](O)[C@H](CC(C)C)NC(=O)[C@H](CC1CC1)NC(=O)C(NC(=O)CCCC(=O)O)[C@@H](C)CC)c1ccccn1. The molecule has 12 nitrogen and oxygen atoms in total. The van der Waals surface area contributed by atoms with E-state index in [4.69, 9.17) is 5.11 Å². The molecule has 1 fully saturated rings. The molecule has 0 spiro atoms. The fourth-order valence-electron chi connectivity index (χ4n) is 5.50. The summed E-state index contributed by atoms with van der Waals surface area (Å²) in [6.45, 7) is 9.73. The van der Waals surface area contributed by atoms with Gasteiger partial charge in [-0.15, -0.1) is 0 Å². The van der Waals surface area contributed by atoms with Crippen molar-refractivity contribution in [3.8, 4) is 0 Å². The number of hydrogen-bond acceptors (Lipinski definition) is 7. The van der Waals surface area contributed by atoms with Crippen LogP contribution >= 0.6 is 0 Å². The Hall–Kier alpha value is -3.54. The molecule has 264 valence electrons. The maximum atomic E-state index is 13.7. The molecule has 1 aliphatic carbocycles. The molecule has 0 radical (unpaired) electrons. The molecule has 2 rings (SSSR count). The molecule has 0 bridgehead atoms. The van der Waals surface area contributed by atoms with Gasteiger partial charge < -0.3 is 31.5 Å². The van der Waals surface area contributed by atoms with Crippen molar-refractivity contribution in [2.75, 3.05) is 0 Å². The standard InChI is InChI=1S/C35H57N5O7/c1-6-8-12-26(25-13-9-10-18-36-25)37-31(43)21-29(41)27(19-22(3)4)38-34(46)28(20-24-16-17-24)39-35(47)33(23(5)7-2)40-30(42)14-11-15-32(44)45/h9-10,13,18,22-24,26-29,33,41H,6-8,11-12,14-17,19-21H2,1-5H3,(H,37,43)(H,38,46)(H,39,47)(H,40,42)(H,44,45)/t23-,26+,27-,28-,29-,33?/m0/s1. The van der Waals surface area contributed by atoms with Gasteiger partial charge in [0, 0.05) is 19.0 Å². The Balaban J connectivity index is 2.12. The van der Waals surface area contributed by atoms with Crippen LogP contribution in [0, 0.1) is 17.8 Å². The summed E-state index contributed by atoms with van der Waals surface area (Å²) in [5, 5.41) is 31.6. The molecule has 1 aliphatic rings. The summed E-state index contributed by atoms with van der Waals surface area (Å²) in [6, 6.07) is 2.75. The normalized spacial score (nSPS) is 16.7. The number of nitrogens with one attached hydrogen (secondary N) is 4. The summed E-state index contributed by atoms with van der Waals surface area (Å²) in [7, 11) is 0. The average molecular weight is 660 g/mol. The maximum absolute atomic E-state index is 13.7. The highest BCUT2D eigenvalue weighted by atomic mass is 16.4. The van der Waals surface area contributed by atoms with E-state index in [1.807, 2.05) is 45.9 Å². The van der Waals surface area contributed by atoms with Gasteiger partial charge in [0.2, 0.25) is 23.6 Å². The Morgan fingerprint density at radius 2 is 1.64 bits per heavy atom. The molecule has 0 aliphatic heterocycles. The first-order valence-electron chi connectivity index (χ1n) is 17.3. The van der Waals surface area contributed by atoms with Crippen LogP contribution in [0.2, 0.25) is 0 Å². The predicted molar refractivity (Wildman–Crippen MR) is 179 cm³/mol. The monoisotopic (exact) mass is 659 g/mol. The molecule has 1 saturated carbocycles. The molecule has 1 unspecified atom stereocenters. The zero-order valence-electron chi connectivity index (χ0n) is 28.8. The number of carbonyl (C=O) groups excluding carboxylic acids is 4. The fraction of sp³-hybridized carbons (Fsp3) is 0.714. The Morgan fingerprint density at radius 3 is 2.21 bits per heavy atom. The molecule has 12 heteroatoms. The van der Waals surface area contributed by atoms with Crippen LogP contribution in [0.5, 0.6) is 0 Å². The van der Waals surface area contributed by atoms with Gasteiger partial charge in [-0.05, 0) is 55.6 Å². The van der Waals surface area contributed by atoms with E-state index in [0.29, 0.717) is 25.7 Å². The van der Waals surface area contributed by atoms with Crippen LogP contribution in [0.15, 0.2) is 24.4 Å². The topological polar surface area (TPSA) is 187 Å². The smallest absolute Gasteiger partial charge is 0.303 e. The zero-order valence-corrected chi connectivity index (χ0v) is 28.8. The van der Waals surface area contributed by atoms with Crippen LogP contribution in [0.4, 0.5) is 0 Å². The van der Waals surface area contributed by atoms with Crippen LogP contribution in [-0.2, 0) is 24.0 Å². The van der Waals surface area contributed by atoms with Gasteiger partial charge in [0.15, 0.2) is 0 Å². The number of carbonyl (C=O) groups is 5. The Bertz CT molecular complexity index is 1140. The Kier molecular flexibility index (Phi) is 17.4. The number of carboxylic acids is 1. The molecule has 6 atom stereocenters. The summed E-state index contributed by atoms with van der Waals surface area (Å²) < 4.78 is 0. The number of pyridine rings is 1. The predicted octanol–water partition coefficient (Wildman–Crippen LogP) is 3.78. The molecule has 0 aromatic carbocycles. The highest BCUT2D eigenvalue weighted by Gasteiger charge is 2.35. The number of aromatic nitrogens is 1. The second kappa shape index (κ2) is 20.6. The minimum atomic E-state index is -1.16. The first-order valence-corrected chi connectivity index (χ1v) is 17.3. The van der Waals surface area contributed by atoms with E-state index < -0.39 is 47.9 Å². The molecule has 0 saturated heterocycles. The molecule has 1 aromatic heterocycles. The number of hydrogen-bond donors (Lipinski definition) is 6. The van der Waals surface area contributed by atoms with Crippen LogP contribution in [0.1, 0.15) is 123 Å². The van der Waals surface area contributed by atoms with E-state index in [0.717, 1.165) is 31.4 Å². The van der Waals surface area contributed by atoms with Gasteiger partial charge in [0.1, 0.15) is 12.1 Å². The Labute approximate surface area is 279 Å². The molecule has 6 N–H and O–H groups in total. The highest BCUT2D eigenvalue weighted by Crippen LogP contribution is 2.33. The van der Waals surface area contributed by atoms with Crippen molar-refractivity contribution < 1.29 is 34.2 Å². The number of nitrogens with zero attached hydrogens (tertiary/aromatic N) is 1. The average Bonchev–Trinajstić information content (AvgIpc) is 3.84. The lowest BCUT2D eigenvalue weighted by Gasteiger charge is -2.30. The number of unbranched alkanes of at least 4 members (excludes halogenated alkanes) is 1. The van der Waals surface area contributed by atoms with Crippen molar-refractivity contribution in [1.29, 1.82) is 0 Å². The molecule has 47 heavy (non-hydrogen) atoms. The lowest BCUT2D eigenvalue weighted by atomic mass is 9.95. The first-order chi connectivity index (χ1) is 22.3. The van der Waals surface area contributed by atoms with Crippen molar-refractivity contribution in [3.63, 3.8) is 0 Å². The molecular weight excluding hydrogens is 602 g/mol. The summed E-state index contributed by atoms with van der Waals surface area (Å²) in [5.74, 6) is -2.54. The van der Waals surface area contributed by atoms with E-state index in [1.54, 1.807) is 6.20 Å². The second-order valence-corrected chi connectivity index (χ2v) is 13.5. The summed E-state index contributed by atoms with van der Waals surface area (Å²) in [6.07, 6.45) is 6.20. The zero-order chi connectivity index (χ0) is 34.9. The minimum Gasteiger partial charge on any atom is -0.481 e. The number of aliphatic carboxylic acids is 1. The number of amides is 4. The Morgan fingerprint density at radius 1 is 0.915 bits per heavy atom. The van der Waals surface area contributed by atoms with Crippen molar-refractivity contribution in [1.82, 2.24) is 26.3 Å². The largest absolute Gasteiger partial charge is 0.481 e. The van der Waals surface area contributed by atoms with Gasteiger partial charge in [-0.25, -0.2) is 0 Å². The van der Waals surface area contributed by atoms with E-state index in [1.165, 1.54) is 0 Å². The number of aliphatic hydroxyl groups is 1. The van der Waals surface area contributed by atoms with Crippen molar-refractivity contribution in [2.24, 2.45) is 17.8 Å². The van der Waals surface area contributed by atoms with Crippen LogP contribution < -0.4 is 21.3 Å². The van der Waals surface area contributed by atoms with Gasteiger partial charge in [0.05, 0.1) is 30.3 Å². The summed E-state index contributed by atoms with van der Waals surface area (Å²) in [5.41, 5.74) is 0.752. The van der Waals surface area contributed by atoms with E-state index in [2.05, 4.69) is 33.2 Å². The number of carboxylic acid groups (broad SMARTS) is 1. The minimum absolute atomic E-state index is 0.0257. The number of rotatable bonds is 23. The summed E-state index contributed by atoms with van der Waals surface area (Å²) in [4.78, 5) is 68.1. The van der Waals surface area contributed by atoms with Gasteiger partial charge in [-0.1, -0.05) is 72.8 Å². The molecule has 4 amide bonds. The van der Waals surface area contributed by atoms with Gasteiger partial charge in [-0.3, -0.25) is 29.0 Å². The van der Waals surface area contributed by atoms with Gasteiger partial charge >= 0.3 is 5.97 Å². The van der Waals surface area contributed by atoms with E-state index in [9.17, 15) is 29.1 Å². The fourth-order valence-corrected chi connectivity index (χ4v) is 5.50. The maximum Gasteiger partial charge on any atom is 0.303 e. The van der Waals surface area contributed by atoms with Crippen molar-refractivity contribution in [3.05, 3.63) is 30.1 Å². The molecule has 1 aromatic rings.